The van der Waals surface area contributed by atoms with E-state index in [0.717, 1.165) is 19.3 Å². The summed E-state index contributed by atoms with van der Waals surface area (Å²) in [5, 5.41) is 0.420. The Kier molecular flexibility index (Phi) is 4.50. The van der Waals surface area contributed by atoms with E-state index in [2.05, 4.69) is 11.9 Å². The van der Waals surface area contributed by atoms with E-state index in [1.54, 1.807) is 31.3 Å². The maximum Gasteiger partial charge on any atom is 0.348 e. The molecule has 0 saturated carbocycles. The number of unbranched alkanes of at least 4 members (excludes halogenated alkanes) is 2. The van der Waals surface area contributed by atoms with Crippen molar-refractivity contribution >= 4 is 22.8 Å². The lowest BCUT2D eigenvalue weighted by Gasteiger charge is -2.14. The van der Waals surface area contributed by atoms with Crippen LogP contribution in [0.2, 0.25) is 0 Å². The molecular weight excluding hydrogens is 256 g/mol. The van der Waals surface area contributed by atoms with Gasteiger partial charge in [0.05, 0.1) is 10.9 Å². The summed E-state index contributed by atoms with van der Waals surface area (Å²) < 4.78 is 5.12. The summed E-state index contributed by atoms with van der Waals surface area (Å²) in [4.78, 5) is 29.4. The number of fused-ring (bicyclic) bond motifs is 1. The second kappa shape index (κ2) is 6.32. The van der Waals surface area contributed by atoms with Crippen LogP contribution in [-0.2, 0) is 4.79 Å². The minimum Gasteiger partial charge on any atom is -0.388 e. The molecule has 0 radical (unpaired) electrons. The third kappa shape index (κ3) is 3.04. The summed E-state index contributed by atoms with van der Waals surface area (Å²) in [5.41, 5.74) is 0.0609. The van der Waals surface area contributed by atoms with Crippen molar-refractivity contribution in [1.82, 2.24) is 4.98 Å². The Morgan fingerprint density at radius 1 is 1.30 bits per heavy atom. The molecular formula is C15H18N2O3. The van der Waals surface area contributed by atoms with Gasteiger partial charge >= 0.3 is 11.6 Å². The molecule has 0 fully saturated rings. The first-order chi connectivity index (χ1) is 9.63. The molecule has 1 aromatic heterocycles. The first-order valence-corrected chi connectivity index (χ1v) is 6.80. The van der Waals surface area contributed by atoms with E-state index in [0.29, 0.717) is 17.3 Å². The van der Waals surface area contributed by atoms with Crippen LogP contribution in [0.4, 0.5) is 6.01 Å². The Hall–Kier alpha value is -2.17. The Balaban J connectivity index is 2.24. The predicted octanol–water partition coefficient (Wildman–Crippen LogP) is 2.73. The standard InChI is InChI=1S/C15H18N2O3/c1-3-4-5-10-13(18)17(2)15-16-12-9-7-6-8-11(12)14(19)20-15/h6-9H,3-5,10H2,1-2H3. The van der Waals surface area contributed by atoms with E-state index in [-0.39, 0.29) is 11.9 Å². The predicted molar refractivity (Wildman–Crippen MR) is 77.8 cm³/mol. The van der Waals surface area contributed by atoms with Crippen molar-refractivity contribution in [2.45, 2.75) is 32.6 Å². The molecule has 5 heteroatoms. The minimum atomic E-state index is -0.473. The van der Waals surface area contributed by atoms with Gasteiger partial charge in [0.1, 0.15) is 0 Å². The topological polar surface area (TPSA) is 63.4 Å². The lowest BCUT2D eigenvalue weighted by Crippen LogP contribution is -2.27. The molecule has 0 unspecified atom stereocenters. The van der Waals surface area contributed by atoms with E-state index < -0.39 is 5.63 Å². The van der Waals surface area contributed by atoms with Gasteiger partial charge < -0.3 is 4.42 Å². The first kappa shape index (κ1) is 14.2. The quantitative estimate of drug-likeness (QED) is 0.786. The van der Waals surface area contributed by atoms with Gasteiger partial charge in [-0.05, 0) is 18.6 Å². The molecule has 1 amide bonds. The molecule has 20 heavy (non-hydrogen) atoms. The zero-order valence-corrected chi connectivity index (χ0v) is 11.8. The van der Waals surface area contributed by atoms with Crippen LogP contribution in [0.15, 0.2) is 33.5 Å². The summed E-state index contributed by atoms with van der Waals surface area (Å²) in [6.07, 6.45) is 3.33. The number of hydrogen-bond acceptors (Lipinski definition) is 4. The second-order valence-electron chi connectivity index (χ2n) is 4.71. The Morgan fingerprint density at radius 3 is 2.80 bits per heavy atom. The number of carbonyl (C=O) groups is 1. The van der Waals surface area contributed by atoms with Gasteiger partial charge in [0, 0.05) is 13.5 Å². The van der Waals surface area contributed by atoms with Crippen LogP contribution >= 0.6 is 0 Å². The zero-order chi connectivity index (χ0) is 14.5. The Bertz CT molecular complexity index is 663. The molecule has 0 spiro atoms. The molecule has 2 aromatic rings. The highest BCUT2D eigenvalue weighted by atomic mass is 16.4. The molecule has 0 atom stereocenters. The number of carbonyl (C=O) groups excluding carboxylic acids is 1. The van der Waals surface area contributed by atoms with Crippen LogP contribution in [0.1, 0.15) is 32.6 Å². The molecule has 0 aliphatic carbocycles. The van der Waals surface area contributed by atoms with E-state index in [1.807, 2.05) is 0 Å². The van der Waals surface area contributed by atoms with Crippen LogP contribution in [-0.4, -0.2) is 17.9 Å². The normalized spacial score (nSPS) is 10.7. The fraction of sp³-hybridized carbons (Fsp3) is 0.400. The Labute approximate surface area is 117 Å². The SMILES string of the molecule is CCCCCC(=O)N(C)c1nc2ccccc2c(=O)o1. The highest BCUT2D eigenvalue weighted by Crippen LogP contribution is 2.14. The molecule has 2 rings (SSSR count). The summed E-state index contributed by atoms with van der Waals surface area (Å²) >= 11 is 0. The third-order valence-electron chi connectivity index (χ3n) is 3.18. The summed E-state index contributed by atoms with van der Waals surface area (Å²) in [6, 6.07) is 6.98. The van der Waals surface area contributed by atoms with Crippen LogP contribution in [0, 0.1) is 0 Å². The lowest BCUT2D eigenvalue weighted by molar-refractivity contribution is -0.118. The van der Waals surface area contributed by atoms with E-state index >= 15 is 0 Å². The molecule has 0 saturated heterocycles. The Morgan fingerprint density at radius 2 is 2.05 bits per heavy atom. The van der Waals surface area contributed by atoms with Gasteiger partial charge in [-0.2, -0.15) is 4.98 Å². The van der Waals surface area contributed by atoms with E-state index in [9.17, 15) is 9.59 Å². The molecule has 1 heterocycles. The lowest BCUT2D eigenvalue weighted by atomic mass is 10.2. The maximum atomic E-state index is 12.0. The fourth-order valence-electron chi connectivity index (χ4n) is 1.95. The van der Waals surface area contributed by atoms with Crippen molar-refractivity contribution in [3.05, 3.63) is 34.7 Å². The first-order valence-electron chi connectivity index (χ1n) is 6.80. The monoisotopic (exact) mass is 274 g/mol. The highest BCUT2D eigenvalue weighted by Gasteiger charge is 2.16. The molecule has 106 valence electrons. The zero-order valence-electron chi connectivity index (χ0n) is 11.8. The second-order valence-corrected chi connectivity index (χ2v) is 4.71. The number of para-hydroxylation sites is 1. The number of rotatable bonds is 5. The number of aromatic nitrogens is 1. The van der Waals surface area contributed by atoms with E-state index in [4.69, 9.17) is 4.42 Å². The fourth-order valence-corrected chi connectivity index (χ4v) is 1.95. The number of anilines is 1. The number of nitrogens with zero attached hydrogens (tertiary/aromatic N) is 2. The molecule has 0 N–H and O–H groups in total. The maximum absolute atomic E-state index is 12.0. The number of benzene rings is 1. The molecule has 5 nitrogen and oxygen atoms in total. The van der Waals surface area contributed by atoms with Crippen molar-refractivity contribution in [1.29, 1.82) is 0 Å². The van der Waals surface area contributed by atoms with Gasteiger partial charge in [0.2, 0.25) is 5.91 Å². The number of hydrogen-bond donors (Lipinski definition) is 0. The average molecular weight is 274 g/mol. The molecule has 0 bridgehead atoms. The van der Waals surface area contributed by atoms with Crippen molar-refractivity contribution in [3.63, 3.8) is 0 Å². The van der Waals surface area contributed by atoms with E-state index in [1.165, 1.54) is 4.90 Å². The van der Waals surface area contributed by atoms with Crippen molar-refractivity contribution < 1.29 is 9.21 Å². The molecule has 0 aliphatic rings. The largest absolute Gasteiger partial charge is 0.388 e. The van der Waals surface area contributed by atoms with Crippen LogP contribution in [0.5, 0.6) is 0 Å². The van der Waals surface area contributed by atoms with Gasteiger partial charge in [-0.25, -0.2) is 4.79 Å². The van der Waals surface area contributed by atoms with Crippen LogP contribution in [0.3, 0.4) is 0 Å². The third-order valence-corrected chi connectivity index (χ3v) is 3.18. The molecule has 1 aromatic carbocycles. The van der Waals surface area contributed by atoms with Gasteiger partial charge in [-0.3, -0.25) is 9.69 Å². The van der Waals surface area contributed by atoms with Crippen molar-refractivity contribution in [3.8, 4) is 0 Å². The van der Waals surface area contributed by atoms with Gasteiger partial charge in [0.25, 0.3) is 0 Å². The van der Waals surface area contributed by atoms with Gasteiger partial charge in [0.15, 0.2) is 0 Å². The van der Waals surface area contributed by atoms with Crippen molar-refractivity contribution in [2.24, 2.45) is 0 Å². The van der Waals surface area contributed by atoms with Crippen molar-refractivity contribution in [2.75, 3.05) is 11.9 Å². The minimum absolute atomic E-state index is 0.0511. The number of amides is 1. The average Bonchev–Trinajstić information content (AvgIpc) is 2.46. The summed E-state index contributed by atoms with van der Waals surface area (Å²) in [6.45, 7) is 2.08. The van der Waals surface area contributed by atoms with Gasteiger partial charge in [-0.15, -0.1) is 0 Å². The highest BCUT2D eigenvalue weighted by molar-refractivity contribution is 5.91. The van der Waals surface area contributed by atoms with Gasteiger partial charge in [-0.1, -0.05) is 31.9 Å². The van der Waals surface area contributed by atoms with Crippen LogP contribution < -0.4 is 10.5 Å². The van der Waals surface area contributed by atoms with Crippen LogP contribution in [0.25, 0.3) is 10.9 Å². The summed E-state index contributed by atoms with van der Waals surface area (Å²) in [7, 11) is 1.58. The summed E-state index contributed by atoms with van der Waals surface area (Å²) in [5.74, 6) is -0.0932. The molecule has 0 aliphatic heterocycles. The smallest absolute Gasteiger partial charge is 0.348 e.